The largest absolute Gasteiger partial charge is 0.481 e. The summed E-state index contributed by atoms with van der Waals surface area (Å²) in [5.74, 6) is -4.70. The van der Waals surface area contributed by atoms with Crippen molar-refractivity contribution < 1.29 is 23.5 Å². The number of carboxylic acids is 1. The zero-order chi connectivity index (χ0) is 14.3. The minimum Gasteiger partial charge on any atom is -0.481 e. The number of anilines is 1. The number of amides is 1. The van der Waals surface area contributed by atoms with Crippen LogP contribution in [0.3, 0.4) is 0 Å². The van der Waals surface area contributed by atoms with Gasteiger partial charge in [0, 0.05) is 12.1 Å². The van der Waals surface area contributed by atoms with Gasteiger partial charge in [-0.25, -0.2) is 8.78 Å². The molecule has 2 rings (SSSR count). The van der Waals surface area contributed by atoms with E-state index in [1.807, 2.05) is 0 Å². The molecular formula is C13H13F2NO3. The molecule has 0 bridgehead atoms. The van der Waals surface area contributed by atoms with Gasteiger partial charge in [0.25, 0.3) is 5.92 Å². The van der Waals surface area contributed by atoms with Crippen molar-refractivity contribution in [3.05, 3.63) is 29.8 Å². The van der Waals surface area contributed by atoms with Gasteiger partial charge >= 0.3 is 5.97 Å². The third-order valence-corrected chi connectivity index (χ3v) is 3.30. The van der Waals surface area contributed by atoms with E-state index in [2.05, 4.69) is 5.32 Å². The Labute approximate surface area is 108 Å². The second-order valence-electron chi connectivity index (χ2n) is 4.94. The summed E-state index contributed by atoms with van der Waals surface area (Å²) in [6.07, 6.45) is -0.641. The molecule has 1 aromatic carbocycles. The number of rotatable bonds is 4. The average Bonchev–Trinajstić information content (AvgIpc) is 2.79. The van der Waals surface area contributed by atoms with Crippen molar-refractivity contribution >= 4 is 17.6 Å². The molecule has 1 fully saturated rings. The molecule has 19 heavy (non-hydrogen) atoms. The van der Waals surface area contributed by atoms with E-state index in [-0.39, 0.29) is 6.42 Å². The van der Waals surface area contributed by atoms with Crippen LogP contribution in [0, 0.1) is 5.41 Å². The molecule has 0 aromatic heterocycles. The Morgan fingerprint density at radius 3 is 2.58 bits per heavy atom. The van der Waals surface area contributed by atoms with E-state index in [0.29, 0.717) is 11.3 Å². The standard InChI is InChI=1S/C13H13F2NO3/c1-12(7-13(12,14)15)11(19)16-9-4-2-3-8(5-9)6-10(17)18/h2-5H,6-7H2,1H3,(H,16,19)(H,17,18). The number of carbonyl (C=O) groups is 2. The molecule has 1 unspecified atom stereocenters. The number of hydrogen-bond donors (Lipinski definition) is 2. The van der Waals surface area contributed by atoms with Crippen molar-refractivity contribution in [3.63, 3.8) is 0 Å². The Hall–Kier alpha value is -1.98. The summed E-state index contributed by atoms with van der Waals surface area (Å²) in [5.41, 5.74) is -0.832. The van der Waals surface area contributed by atoms with Gasteiger partial charge in [-0.05, 0) is 24.6 Å². The van der Waals surface area contributed by atoms with E-state index in [0.717, 1.165) is 0 Å². The smallest absolute Gasteiger partial charge is 0.307 e. The van der Waals surface area contributed by atoms with Crippen LogP contribution in [0.5, 0.6) is 0 Å². The molecule has 102 valence electrons. The van der Waals surface area contributed by atoms with Crippen molar-refractivity contribution in [1.82, 2.24) is 0 Å². The lowest BCUT2D eigenvalue weighted by Crippen LogP contribution is -2.26. The van der Waals surface area contributed by atoms with Crippen LogP contribution in [0.2, 0.25) is 0 Å². The van der Waals surface area contributed by atoms with Crippen LogP contribution in [0.25, 0.3) is 0 Å². The predicted octanol–water partition coefficient (Wildman–Crippen LogP) is 2.30. The average molecular weight is 269 g/mol. The van der Waals surface area contributed by atoms with E-state index in [1.54, 1.807) is 12.1 Å². The molecule has 1 aliphatic carbocycles. The summed E-state index contributed by atoms with van der Waals surface area (Å²) in [5, 5.41) is 11.1. The topological polar surface area (TPSA) is 66.4 Å². The first-order chi connectivity index (χ1) is 8.74. The number of halogens is 2. The zero-order valence-corrected chi connectivity index (χ0v) is 10.2. The lowest BCUT2D eigenvalue weighted by molar-refractivity contribution is -0.136. The molecule has 1 amide bonds. The lowest BCUT2D eigenvalue weighted by Gasteiger charge is -2.11. The first kappa shape index (κ1) is 13.5. The van der Waals surface area contributed by atoms with Gasteiger partial charge in [-0.1, -0.05) is 12.1 Å². The fourth-order valence-corrected chi connectivity index (χ4v) is 1.85. The summed E-state index contributed by atoms with van der Waals surface area (Å²) in [6.45, 7) is 1.21. The number of hydrogen-bond acceptors (Lipinski definition) is 2. The summed E-state index contributed by atoms with van der Waals surface area (Å²) in [7, 11) is 0. The number of alkyl halides is 2. The summed E-state index contributed by atoms with van der Waals surface area (Å²) in [6, 6.07) is 6.17. The molecule has 1 aromatic rings. The van der Waals surface area contributed by atoms with Crippen molar-refractivity contribution in [3.8, 4) is 0 Å². The highest BCUT2D eigenvalue weighted by atomic mass is 19.3. The molecule has 4 nitrogen and oxygen atoms in total. The monoisotopic (exact) mass is 269 g/mol. The molecule has 0 spiro atoms. The number of carboxylic acid groups (broad SMARTS) is 1. The van der Waals surface area contributed by atoms with Gasteiger partial charge < -0.3 is 10.4 Å². The first-order valence-electron chi connectivity index (χ1n) is 5.75. The Kier molecular flexibility index (Phi) is 3.04. The summed E-state index contributed by atoms with van der Waals surface area (Å²) >= 11 is 0. The predicted molar refractivity (Wildman–Crippen MR) is 64.1 cm³/mol. The molecule has 0 saturated heterocycles. The maximum absolute atomic E-state index is 13.0. The SMILES string of the molecule is CC1(C(=O)Nc2cccc(CC(=O)O)c2)CC1(F)F. The van der Waals surface area contributed by atoms with Crippen LogP contribution < -0.4 is 5.32 Å². The maximum atomic E-state index is 13.0. The van der Waals surface area contributed by atoms with Crippen LogP contribution in [0.15, 0.2) is 24.3 Å². The van der Waals surface area contributed by atoms with E-state index in [1.165, 1.54) is 19.1 Å². The normalized spacial score (nSPS) is 23.7. The fraction of sp³-hybridized carbons (Fsp3) is 0.385. The molecule has 1 aliphatic rings. The third-order valence-electron chi connectivity index (χ3n) is 3.30. The molecule has 1 atom stereocenters. The molecule has 2 N–H and O–H groups in total. The van der Waals surface area contributed by atoms with Gasteiger partial charge in [-0.3, -0.25) is 9.59 Å². The van der Waals surface area contributed by atoms with Crippen molar-refractivity contribution in [2.75, 3.05) is 5.32 Å². The minimum atomic E-state index is -2.96. The Morgan fingerprint density at radius 2 is 2.05 bits per heavy atom. The van der Waals surface area contributed by atoms with Crippen LogP contribution in [-0.4, -0.2) is 22.9 Å². The van der Waals surface area contributed by atoms with Gasteiger partial charge in [0.15, 0.2) is 0 Å². The molecular weight excluding hydrogens is 256 g/mol. The quantitative estimate of drug-likeness (QED) is 0.881. The van der Waals surface area contributed by atoms with Crippen molar-refractivity contribution in [1.29, 1.82) is 0 Å². The van der Waals surface area contributed by atoms with Crippen LogP contribution >= 0.6 is 0 Å². The van der Waals surface area contributed by atoms with E-state index in [9.17, 15) is 18.4 Å². The number of carbonyl (C=O) groups excluding carboxylic acids is 1. The lowest BCUT2D eigenvalue weighted by atomic mass is 10.1. The van der Waals surface area contributed by atoms with Crippen LogP contribution in [0.1, 0.15) is 18.9 Å². The highest BCUT2D eigenvalue weighted by Gasteiger charge is 2.72. The van der Waals surface area contributed by atoms with Crippen LogP contribution in [-0.2, 0) is 16.0 Å². The first-order valence-corrected chi connectivity index (χ1v) is 5.75. The molecule has 0 heterocycles. The minimum absolute atomic E-state index is 0.183. The summed E-state index contributed by atoms with van der Waals surface area (Å²) < 4.78 is 26.1. The van der Waals surface area contributed by atoms with Gasteiger partial charge in [0.05, 0.1) is 6.42 Å². The summed E-state index contributed by atoms with van der Waals surface area (Å²) in [4.78, 5) is 22.3. The van der Waals surface area contributed by atoms with Crippen LogP contribution in [0.4, 0.5) is 14.5 Å². The van der Waals surface area contributed by atoms with E-state index in [4.69, 9.17) is 5.11 Å². The van der Waals surface area contributed by atoms with Crippen molar-refractivity contribution in [2.24, 2.45) is 5.41 Å². The molecule has 0 aliphatic heterocycles. The van der Waals surface area contributed by atoms with Crippen molar-refractivity contribution in [2.45, 2.75) is 25.7 Å². The fourth-order valence-electron chi connectivity index (χ4n) is 1.85. The van der Waals surface area contributed by atoms with E-state index >= 15 is 0 Å². The van der Waals surface area contributed by atoms with Gasteiger partial charge in [0.1, 0.15) is 5.41 Å². The second-order valence-corrected chi connectivity index (χ2v) is 4.94. The second kappa shape index (κ2) is 4.29. The van der Waals surface area contributed by atoms with Gasteiger partial charge in [0.2, 0.25) is 5.91 Å². The Bertz CT molecular complexity index is 544. The zero-order valence-electron chi connectivity index (χ0n) is 10.2. The highest BCUT2D eigenvalue weighted by molar-refractivity contribution is 5.98. The Balaban J connectivity index is 2.08. The van der Waals surface area contributed by atoms with Gasteiger partial charge in [-0.2, -0.15) is 0 Å². The number of aliphatic carboxylic acids is 1. The number of benzene rings is 1. The Morgan fingerprint density at radius 1 is 1.42 bits per heavy atom. The molecule has 1 saturated carbocycles. The number of nitrogens with one attached hydrogen (secondary N) is 1. The molecule has 6 heteroatoms. The third kappa shape index (κ3) is 2.57. The highest BCUT2D eigenvalue weighted by Crippen LogP contribution is 2.60. The molecule has 0 radical (unpaired) electrons. The van der Waals surface area contributed by atoms with E-state index < -0.39 is 29.6 Å². The van der Waals surface area contributed by atoms with Gasteiger partial charge in [-0.15, -0.1) is 0 Å². The maximum Gasteiger partial charge on any atom is 0.307 e.